The second-order valence-corrected chi connectivity index (χ2v) is 5.34. The predicted octanol–water partition coefficient (Wildman–Crippen LogP) is 4.81. The Kier molecular flexibility index (Phi) is 8.24. The van der Waals surface area contributed by atoms with Gasteiger partial charge in [-0.1, -0.05) is 18.9 Å². The number of methoxy groups -OCH3 is 1. The Balaban J connectivity index is 2.77. The number of alkyl halides is 3. The van der Waals surface area contributed by atoms with Crippen molar-refractivity contribution < 1.29 is 31.8 Å². The van der Waals surface area contributed by atoms with E-state index >= 15 is 0 Å². The van der Waals surface area contributed by atoms with Gasteiger partial charge in [0.2, 0.25) is 0 Å². The molecule has 1 unspecified atom stereocenters. The number of ether oxygens (including phenoxy) is 2. The molecule has 140 valence electrons. The third kappa shape index (κ3) is 7.91. The molecule has 0 spiro atoms. The van der Waals surface area contributed by atoms with Gasteiger partial charge in [-0.05, 0) is 31.4 Å². The first kappa shape index (κ1) is 20.8. The number of hydrogen-bond donors (Lipinski definition) is 1. The Morgan fingerprint density at radius 3 is 2.64 bits per heavy atom. The molecule has 0 aromatic heterocycles. The van der Waals surface area contributed by atoms with Gasteiger partial charge < -0.3 is 14.8 Å². The number of benzene rings is 1. The Hall–Kier alpha value is -2.25. The van der Waals surface area contributed by atoms with Gasteiger partial charge in [-0.3, -0.25) is 0 Å². The fraction of sp³-hybridized carbons (Fsp3) is 0.471. The Labute approximate surface area is 143 Å². The van der Waals surface area contributed by atoms with Gasteiger partial charge in [0.15, 0.2) is 11.6 Å². The van der Waals surface area contributed by atoms with E-state index in [1.165, 1.54) is 13.2 Å². The van der Waals surface area contributed by atoms with Crippen LogP contribution in [0.1, 0.15) is 32.1 Å². The summed E-state index contributed by atoms with van der Waals surface area (Å²) in [6.07, 6.45) is 0.602. The minimum Gasteiger partial charge on any atom is -0.467 e. The van der Waals surface area contributed by atoms with Crippen molar-refractivity contribution >= 4 is 11.7 Å². The second-order valence-electron chi connectivity index (χ2n) is 5.34. The second kappa shape index (κ2) is 9.90. The summed E-state index contributed by atoms with van der Waals surface area (Å²) < 4.78 is 58.6. The summed E-state index contributed by atoms with van der Waals surface area (Å²) in [6.45, 7) is 3.62. The zero-order valence-electron chi connectivity index (χ0n) is 13.9. The van der Waals surface area contributed by atoms with Crippen LogP contribution in [0.15, 0.2) is 30.9 Å². The van der Waals surface area contributed by atoms with E-state index in [9.17, 15) is 22.4 Å². The molecule has 1 N–H and O–H groups in total. The minimum atomic E-state index is -5.01. The largest absolute Gasteiger partial charge is 0.573 e. The highest BCUT2D eigenvalue weighted by Gasteiger charge is 2.32. The molecule has 1 rings (SSSR count). The molecule has 8 heteroatoms. The summed E-state index contributed by atoms with van der Waals surface area (Å²) in [5.74, 6) is -2.67. The van der Waals surface area contributed by atoms with Crippen molar-refractivity contribution in [2.24, 2.45) is 0 Å². The van der Waals surface area contributed by atoms with E-state index < -0.39 is 29.9 Å². The van der Waals surface area contributed by atoms with Gasteiger partial charge in [-0.25, -0.2) is 9.18 Å². The van der Waals surface area contributed by atoms with E-state index in [0.717, 1.165) is 31.4 Å². The SMILES string of the molecule is C=CCCCCCC(Nc1ccc(F)c(OC(F)(F)F)c1)C(=O)OC. The quantitative estimate of drug-likeness (QED) is 0.280. The van der Waals surface area contributed by atoms with Crippen LogP contribution in [0.2, 0.25) is 0 Å². The monoisotopic (exact) mass is 363 g/mol. The molecular formula is C17H21F4NO3. The average Bonchev–Trinajstić information content (AvgIpc) is 2.54. The smallest absolute Gasteiger partial charge is 0.467 e. The zero-order chi connectivity index (χ0) is 18.9. The molecule has 4 nitrogen and oxygen atoms in total. The maximum atomic E-state index is 13.4. The summed E-state index contributed by atoms with van der Waals surface area (Å²) in [6, 6.07) is 2.17. The lowest BCUT2D eigenvalue weighted by molar-refractivity contribution is -0.275. The van der Waals surface area contributed by atoms with Gasteiger partial charge in [0.25, 0.3) is 0 Å². The van der Waals surface area contributed by atoms with Crippen LogP contribution in [-0.2, 0) is 9.53 Å². The number of unbranched alkanes of at least 4 members (excludes halogenated alkanes) is 3. The molecule has 0 radical (unpaired) electrons. The first-order valence-corrected chi connectivity index (χ1v) is 7.77. The lowest BCUT2D eigenvalue weighted by Crippen LogP contribution is -2.30. The van der Waals surface area contributed by atoms with Gasteiger partial charge in [0.1, 0.15) is 6.04 Å². The number of halogens is 4. The summed E-state index contributed by atoms with van der Waals surface area (Å²) in [5, 5.41) is 2.77. The van der Waals surface area contributed by atoms with Gasteiger partial charge >= 0.3 is 12.3 Å². The molecule has 0 saturated carbocycles. The summed E-state index contributed by atoms with van der Waals surface area (Å²) >= 11 is 0. The van der Waals surface area contributed by atoms with Crippen LogP contribution in [-0.4, -0.2) is 25.5 Å². The van der Waals surface area contributed by atoms with Crippen LogP contribution in [0, 0.1) is 5.82 Å². The lowest BCUT2D eigenvalue weighted by atomic mass is 10.1. The standard InChI is InChI=1S/C17H21F4NO3/c1-3-4-5-6-7-8-14(16(23)24-2)22-12-9-10-13(18)15(11-12)25-17(19,20)21/h3,9-11,14,22H,1,4-8H2,2H3. The van der Waals surface area contributed by atoms with E-state index in [1.807, 2.05) is 0 Å². The van der Waals surface area contributed by atoms with Gasteiger partial charge in [-0.15, -0.1) is 19.8 Å². The summed E-state index contributed by atoms with van der Waals surface area (Å²) in [4.78, 5) is 11.8. The van der Waals surface area contributed by atoms with E-state index in [1.54, 1.807) is 6.08 Å². The molecule has 0 fully saturated rings. The third-order valence-electron chi connectivity index (χ3n) is 3.38. The average molecular weight is 363 g/mol. The number of hydrogen-bond acceptors (Lipinski definition) is 4. The van der Waals surface area contributed by atoms with E-state index in [2.05, 4.69) is 16.6 Å². The zero-order valence-corrected chi connectivity index (χ0v) is 13.9. The number of nitrogens with one attached hydrogen (secondary N) is 1. The predicted molar refractivity (Wildman–Crippen MR) is 85.8 cm³/mol. The number of rotatable bonds is 10. The van der Waals surface area contributed by atoms with Crippen molar-refractivity contribution in [3.05, 3.63) is 36.7 Å². The van der Waals surface area contributed by atoms with Crippen LogP contribution in [0.5, 0.6) is 5.75 Å². The fourth-order valence-electron chi connectivity index (χ4n) is 2.20. The normalized spacial score (nSPS) is 12.4. The van der Waals surface area contributed by atoms with Gasteiger partial charge in [0, 0.05) is 11.8 Å². The van der Waals surface area contributed by atoms with E-state index in [-0.39, 0.29) is 5.69 Å². The number of allylic oxidation sites excluding steroid dienone is 1. The lowest BCUT2D eigenvalue weighted by Gasteiger charge is -2.18. The Morgan fingerprint density at radius 2 is 2.04 bits per heavy atom. The van der Waals surface area contributed by atoms with Crippen molar-refractivity contribution in [1.29, 1.82) is 0 Å². The Bertz CT molecular complexity index is 576. The highest BCUT2D eigenvalue weighted by atomic mass is 19.4. The first-order chi connectivity index (χ1) is 11.8. The molecule has 0 aliphatic heterocycles. The first-order valence-electron chi connectivity index (χ1n) is 7.77. The molecule has 0 bridgehead atoms. The molecule has 0 saturated heterocycles. The molecular weight excluding hydrogens is 342 g/mol. The molecule has 1 aromatic rings. The summed E-state index contributed by atoms with van der Waals surface area (Å²) in [7, 11) is 1.22. The molecule has 0 heterocycles. The fourth-order valence-corrected chi connectivity index (χ4v) is 2.20. The van der Waals surface area contributed by atoms with Crippen LogP contribution in [0.25, 0.3) is 0 Å². The van der Waals surface area contributed by atoms with Crippen molar-refractivity contribution in [3.63, 3.8) is 0 Å². The van der Waals surface area contributed by atoms with Crippen molar-refractivity contribution in [2.75, 3.05) is 12.4 Å². The van der Waals surface area contributed by atoms with Crippen molar-refractivity contribution in [1.82, 2.24) is 0 Å². The van der Waals surface area contributed by atoms with Crippen LogP contribution < -0.4 is 10.1 Å². The van der Waals surface area contributed by atoms with Crippen LogP contribution in [0.4, 0.5) is 23.2 Å². The van der Waals surface area contributed by atoms with Gasteiger partial charge in [0.05, 0.1) is 7.11 Å². The third-order valence-corrected chi connectivity index (χ3v) is 3.38. The number of anilines is 1. The molecule has 0 aliphatic carbocycles. The highest BCUT2D eigenvalue weighted by Crippen LogP contribution is 2.28. The van der Waals surface area contributed by atoms with Crippen LogP contribution in [0.3, 0.4) is 0 Å². The number of esters is 1. The molecule has 0 aliphatic rings. The number of carbonyl (C=O) groups excluding carboxylic acids is 1. The molecule has 1 aromatic carbocycles. The molecule has 25 heavy (non-hydrogen) atoms. The highest BCUT2D eigenvalue weighted by molar-refractivity contribution is 5.79. The van der Waals surface area contributed by atoms with Crippen molar-refractivity contribution in [3.8, 4) is 5.75 Å². The van der Waals surface area contributed by atoms with Crippen LogP contribution >= 0.6 is 0 Å². The maximum absolute atomic E-state index is 13.4. The van der Waals surface area contributed by atoms with E-state index in [4.69, 9.17) is 4.74 Å². The van der Waals surface area contributed by atoms with E-state index in [0.29, 0.717) is 12.8 Å². The summed E-state index contributed by atoms with van der Waals surface area (Å²) in [5.41, 5.74) is 0.127. The Morgan fingerprint density at radius 1 is 1.32 bits per heavy atom. The van der Waals surface area contributed by atoms with Crippen molar-refractivity contribution in [2.45, 2.75) is 44.5 Å². The molecule has 1 atom stereocenters. The number of carbonyl (C=O) groups is 1. The van der Waals surface area contributed by atoms with Gasteiger partial charge in [-0.2, -0.15) is 0 Å². The maximum Gasteiger partial charge on any atom is 0.573 e. The molecule has 0 amide bonds. The topological polar surface area (TPSA) is 47.6 Å². The minimum absolute atomic E-state index is 0.127.